The highest BCUT2D eigenvalue weighted by Crippen LogP contribution is 2.46. The Hall–Kier alpha value is -2.90. The number of hydrogen-bond donors (Lipinski definition) is 1. The van der Waals surface area contributed by atoms with Gasteiger partial charge in [0, 0.05) is 17.8 Å². The third-order valence-electron chi connectivity index (χ3n) is 6.04. The molecule has 1 aromatic heterocycles. The summed E-state index contributed by atoms with van der Waals surface area (Å²) in [4.78, 5) is 4.82. The number of nitrogens with one attached hydrogen (secondary N) is 1. The molecule has 8 heteroatoms. The Morgan fingerprint density at radius 2 is 1.79 bits per heavy atom. The van der Waals surface area contributed by atoms with Crippen LogP contribution in [0.5, 0.6) is 11.5 Å². The van der Waals surface area contributed by atoms with Gasteiger partial charge in [0.15, 0.2) is 0 Å². The molecule has 178 valence electrons. The van der Waals surface area contributed by atoms with E-state index in [1.807, 2.05) is 25.1 Å². The lowest BCUT2D eigenvalue weighted by Gasteiger charge is -2.40. The van der Waals surface area contributed by atoms with E-state index in [9.17, 15) is 13.2 Å². The maximum atomic E-state index is 12.5. The monoisotopic (exact) mass is 461 g/mol. The van der Waals surface area contributed by atoms with Crippen LogP contribution in [0.1, 0.15) is 53.0 Å². The first kappa shape index (κ1) is 23.3. The molecule has 2 atom stereocenters. The van der Waals surface area contributed by atoms with Crippen molar-refractivity contribution in [3.63, 3.8) is 0 Å². The number of aromatic nitrogens is 2. The van der Waals surface area contributed by atoms with E-state index >= 15 is 0 Å². The standard InChI is InChI=1S/C25H30F3N3O2/c1-5-32-20-10-11-21-22(13-20)31(18-12-16(2)14-24(3,4)15-18)23(30-21)29-17-6-8-19(9-7-17)33-25(26,27)28/h6-11,13,16,18H,5,12,14-15H2,1-4H3,(H,29,30). The number of halogens is 3. The zero-order valence-electron chi connectivity index (χ0n) is 19.4. The van der Waals surface area contributed by atoms with E-state index in [-0.39, 0.29) is 17.2 Å². The first-order valence-corrected chi connectivity index (χ1v) is 11.3. The maximum absolute atomic E-state index is 12.5. The van der Waals surface area contributed by atoms with Gasteiger partial charge in [-0.1, -0.05) is 20.8 Å². The van der Waals surface area contributed by atoms with Crippen LogP contribution in [0.25, 0.3) is 11.0 Å². The molecule has 0 bridgehead atoms. The lowest BCUT2D eigenvalue weighted by atomic mass is 9.70. The van der Waals surface area contributed by atoms with Crippen molar-refractivity contribution < 1.29 is 22.6 Å². The molecule has 0 aliphatic heterocycles. The summed E-state index contributed by atoms with van der Waals surface area (Å²) in [6.07, 6.45) is -1.51. The summed E-state index contributed by atoms with van der Waals surface area (Å²) < 4.78 is 49.4. The molecule has 0 radical (unpaired) electrons. The Bertz CT molecular complexity index is 1110. The van der Waals surface area contributed by atoms with Crippen molar-refractivity contribution in [1.29, 1.82) is 0 Å². The smallest absolute Gasteiger partial charge is 0.494 e. The maximum Gasteiger partial charge on any atom is 0.573 e. The van der Waals surface area contributed by atoms with Crippen molar-refractivity contribution in [3.8, 4) is 11.5 Å². The Morgan fingerprint density at radius 1 is 1.09 bits per heavy atom. The Kier molecular flexibility index (Phi) is 6.20. The number of fused-ring (bicyclic) bond motifs is 1. The number of alkyl halides is 3. The fourth-order valence-corrected chi connectivity index (χ4v) is 5.15. The van der Waals surface area contributed by atoms with Crippen LogP contribution in [-0.4, -0.2) is 22.5 Å². The Labute approximate surface area is 191 Å². The van der Waals surface area contributed by atoms with Crippen LogP contribution in [0.15, 0.2) is 42.5 Å². The van der Waals surface area contributed by atoms with Crippen molar-refractivity contribution in [2.24, 2.45) is 11.3 Å². The van der Waals surface area contributed by atoms with Crippen LogP contribution in [-0.2, 0) is 0 Å². The number of hydrogen-bond acceptors (Lipinski definition) is 4. The number of ether oxygens (including phenoxy) is 2. The van der Waals surface area contributed by atoms with Crippen molar-refractivity contribution in [2.45, 2.75) is 59.4 Å². The fraction of sp³-hybridized carbons (Fsp3) is 0.480. The van der Waals surface area contributed by atoms with Gasteiger partial charge in [-0.15, -0.1) is 13.2 Å². The van der Waals surface area contributed by atoms with E-state index in [2.05, 4.69) is 35.4 Å². The van der Waals surface area contributed by atoms with Gasteiger partial charge in [-0.3, -0.25) is 0 Å². The molecule has 33 heavy (non-hydrogen) atoms. The van der Waals surface area contributed by atoms with Gasteiger partial charge < -0.3 is 19.4 Å². The van der Waals surface area contributed by atoms with Gasteiger partial charge in [-0.25, -0.2) is 4.98 Å². The molecule has 3 aromatic rings. The molecule has 2 aromatic carbocycles. The van der Waals surface area contributed by atoms with Crippen LogP contribution in [0, 0.1) is 11.3 Å². The first-order chi connectivity index (χ1) is 15.5. The molecule has 0 saturated heterocycles. The summed E-state index contributed by atoms with van der Waals surface area (Å²) in [7, 11) is 0. The molecule has 5 nitrogen and oxygen atoms in total. The highest BCUT2D eigenvalue weighted by atomic mass is 19.4. The summed E-state index contributed by atoms with van der Waals surface area (Å²) >= 11 is 0. The molecule has 1 aliphatic carbocycles. The average Bonchev–Trinajstić information content (AvgIpc) is 3.04. The largest absolute Gasteiger partial charge is 0.573 e. The molecule has 1 saturated carbocycles. The number of nitrogens with zero attached hydrogens (tertiary/aromatic N) is 2. The van der Waals surface area contributed by atoms with E-state index in [0.717, 1.165) is 29.6 Å². The summed E-state index contributed by atoms with van der Waals surface area (Å²) in [5, 5.41) is 3.32. The van der Waals surface area contributed by atoms with Crippen molar-refractivity contribution in [3.05, 3.63) is 42.5 Å². The molecule has 1 aliphatic rings. The number of imidazole rings is 1. The number of benzene rings is 2. The number of anilines is 2. The molecule has 1 heterocycles. The second-order valence-corrected chi connectivity index (χ2v) is 9.65. The minimum absolute atomic E-state index is 0.199. The Balaban J connectivity index is 1.72. The zero-order chi connectivity index (χ0) is 23.8. The number of rotatable bonds is 6. The van der Waals surface area contributed by atoms with Gasteiger partial charge in [0.25, 0.3) is 0 Å². The second-order valence-electron chi connectivity index (χ2n) is 9.65. The molecule has 4 rings (SSSR count). The third kappa shape index (κ3) is 5.54. The van der Waals surface area contributed by atoms with E-state index < -0.39 is 6.36 Å². The van der Waals surface area contributed by atoms with Crippen LogP contribution in [0.4, 0.5) is 24.8 Å². The second kappa shape index (κ2) is 8.80. The predicted molar refractivity (Wildman–Crippen MR) is 123 cm³/mol. The third-order valence-corrected chi connectivity index (χ3v) is 6.04. The van der Waals surface area contributed by atoms with Crippen LogP contribution < -0.4 is 14.8 Å². The fourth-order valence-electron chi connectivity index (χ4n) is 5.15. The molecule has 0 amide bonds. The first-order valence-electron chi connectivity index (χ1n) is 11.3. The summed E-state index contributed by atoms with van der Waals surface area (Å²) in [6.45, 7) is 9.40. The van der Waals surface area contributed by atoms with Crippen LogP contribution >= 0.6 is 0 Å². The molecular formula is C25H30F3N3O2. The van der Waals surface area contributed by atoms with Crippen molar-refractivity contribution >= 4 is 22.7 Å². The normalized spacial score (nSPS) is 20.6. The summed E-state index contributed by atoms with van der Waals surface area (Å²) in [6, 6.07) is 11.8. The van der Waals surface area contributed by atoms with Gasteiger partial charge in [0.1, 0.15) is 11.5 Å². The lowest BCUT2D eigenvalue weighted by Crippen LogP contribution is -2.29. The van der Waals surface area contributed by atoms with Crippen LogP contribution in [0.2, 0.25) is 0 Å². The zero-order valence-corrected chi connectivity index (χ0v) is 19.4. The topological polar surface area (TPSA) is 48.3 Å². The van der Waals surface area contributed by atoms with E-state index in [4.69, 9.17) is 9.72 Å². The summed E-state index contributed by atoms with van der Waals surface area (Å²) in [5.41, 5.74) is 2.66. The van der Waals surface area contributed by atoms with Gasteiger partial charge in [-0.2, -0.15) is 0 Å². The molecule has 2 unspecified atom stereocenters. The minimum Gasteiger partial charge on any atom is -0.494 e. The van der Waals surface area contributed by atoms with Gasteiger partial charge in [0.05, 0.1) is 17.6 Å². The molecular weight excluding hydrogens is 431 g/mol. The van der Waals surface area contributed by atoms with Gasteiger partial charge >= 0.3 is 6.36 Å². The van der Waals surface area contributed by atoms with E-state index in [0.29, 0.717) is 24.2 Å². The lowest BCUT2D eigenvalue weighted by molar-refractivity contribution is -0.274. The van der Waals surface area contributed by atoms with E-state index in [1.165, 1.54) is 18.6 Å². The van der Waals surface area contributed by atoms with Crippen molar-refractivity contribution in [2.75, 3.05) is 11.9 Å². The Morgan fingerprint density at radius 3 is 2.42 bits per heavy atom. The summed E-state index contributed by atoms with van der Waals surface area (Å²) in [5.74, 6) is 1.76. The average molecular weight is 462 g/mol. The SMILES string of the molecule is CCOc1ccc2nc(Nc3ccc(OC(F)(F)F)cc3)n(C3CC(C)CC(C)(C)C3)c2c1. The molecule has 1 N–H and O–H groups in total. The van der Waals surface area contributed by atoms with Crippen molar-refractivity contribution in [1.82, 2.24) is 9.55 Å². The van der Waals surface area contributed by atoms with Crippen LogP contribution in [0.3, 0.4) is 0 Å². The highest BCUT2D eigenvalue weighted by molar-refractivity contribution is 5.81. The van der Waals surface area contributed by atoms with Gasteiger partial charge in [-0.05, 0) is 73.9 Å². The highest BCUT2D eigenvalue weighted by Gasteiger charge is 2.35. The predicted octanol–water partition coefficient (Wildman–Crippen LogP) is 7.46. The van der Waals surface area contributed by atoms with Gasteiger partial charge in [0.2, 0.25) is 5.95 Å². The quantitative estimate of drug-likeness (QED) is 0.414. The molecule has 1 fully saturated rings. The van der Waals surface area contributed by atoms with E-state index in [1.54, 1.807) is 12.1 Å². The molecule has 0 spiro atoms. The minimum atomic E-state index is -4.72.